The molecule has 0 atom stereocenters. The maximum Gasteiger partial charge on any atom is 0.123 e. The van der Waals surface area contributed by atoms with Crippen molar-refractivity contribution in [2.75, 3.05) is 0 Å². The van der Waals surface area contributed by atoms with Crippen molar-refractivity contribution >= 4 is 12.4 Å². The predicted molar refractivity (Wildman–Crippen MR) is 67.5 cm³/mol. The third-order valence-corrected chi connectivity index (χ3v) is 2.47. The zero-order valence-corrected chi connectivity index (χ0v) is 10.2. The van der Waals surface area contributed by atoms with Gasteiger partial charge in [-0.3, -0.25) is 4.68 Å². The number of aromatic nitrogens is 2. The summed E-state index contributed by atoms with van der Waals surface area (Å²) in [5, 5.41) is 4.18. The van der Waals surface area contributed by atoms with Crippen molar-refractivity contribution in [3.05, 3.63) is 53.6 Å². The van der Waals surface area contributed by atoms with Gasteiger partial charge in [0.2, 0.25) is 0 Å². The zero-order valence-electron chi connectivity index (χ0n) is 9.34. The number of hydrogen-bond donors (Lipinski definition) is 1. The van der Waals surface area contributed by atoms with Crippen molar-refractivity contribution < 1.29 is 4.39 Å². The summed E-state index contributed by atoms with van der Waals surface area (Å²) in [7, 11) is 0. The molecule has 0 unspecified atom stereocenters. The average Bonchev–Trinajstić information content (AvgIpc) is 2.76. The van der Waals surface area contributed by atoms with Crippen molar-refractivity contribution in [2.24, 2.45) is 5.73 Å². The number of hydrogen-bond acceptors (Lipinski definition) is 2. The molecule has 5 heteroatoms. The predicted octanol–water partition coefficient (Wildman–Crippen LogP) is 2.15. The van der Waals surface area contributed by atoms with Crippen molar-refractivity contribution in [3.63, 3.8) is 0 Å². The molecule has 2 rings (SSSR count). The zero-order chi connectivity index (χ0) is 11.4. The van der Waals surface area contributed by atoms with E-state index in [-0.39, 0.29) is 18.2 Å². The molecule has 0 aliphatic rings. The second kappa shape index (κ2) is 6.37. The fourth-order valence-corrected chi connectivity index (χ4v) is 1.53. The summed E-state index contributed by atoms with van der Waals surface area (Å²) in [4.78, 5) is 0. The van der Waals surface area contributed by atoms with E-state index in [9.17, 15) is 4.39 Å². The molecule has 0 fully saturated rings. The third-order valence-electron chi connectivity index (χ3n) is 2.47. The second-order valence-corrected chi connectivity index (χ2v) is 3.69. The van der Waals surface area contributed by atoms with Crippen LogP contribution in [0.2, 0.25) is 0 Å². The molecule has 0 spiro atoms. The van der Waals surface area contributed by atoms with Gasteiger partial charge in [-0.2, -0.15) is 5.10 Å². The Morgan fingerprint density at radius 2 is 1.88 bits per heavy atom. The van der Waals surface area contributed by atoms with Crippen LogP contribution in [0.4, 0.5) is 4.39 Å². The van der Waals surface area contributed by atoms with Crippen LogP contribution in [0, 0.1) is 5.82 Å². The lowest BCUT2D eigenvalue weighted by atomic mass is 10.1. The van der Waals surface area contributed by atoms with Crippen LogP contribution < -0.4 is 5.73 Å². The van der Waals surface area contributed by atoms with E-state index in [0.717, 1.165) is 24.1 Å². The minimum Gasteiger partial charge on any atom is -0.326 e. The highest BCUT2D eigenvalue weighted by molar-refractivity contribution is 5.85. The van der Waals surface area contributed by atoms with E-state index in [2.05, 4.69) is 5.10 Å². The Morgan fingerprint density at radius 3 is 2.47 bits per heavy atom. The minimum absolute atomic E-state index is 0. The lowest BCUT2D eigenvalue weighted by Crippen LogP contribution is -2.02. The van der Waals surface area contributed by atoms with Crippen LogP contribution in [0.3, 0.4) is 0 Å². The first kappa shape index (κ1) is 13.7. The molecule has 0 bridgehead atoms. The molecular weight excluding hydrogens is 241 g/mol. The first-order chi connectivity index (χ1) is 7.78. The summed E-state index contributed by atoms with van der Waals surface area (Å²) < 4.78 is 14.5. The molecule has 1 heterocycles. The second-order valence-electron chi connectivity index (χ2n) is 3.69. The summed E-state index contributed by atoms with van der Waals surface area (Å²) in [6.07, 6.45) is 4.54. The molecule has 0 aliphatic heterocycles. The molecule has 0 saturated heterocycles. The summed E-state index contributed by atoms with van der Waals surface area (Å²) in [6.45, 7) is 1.29. The molecule has 92 valence electrons. The van der Waals surface area contributed by atoms with Crippen molar-refractivity contribution in [3.8, 4) is 0 Å². The first-order valence-corrected chi connectivity index (χ1v) is 5.24. The normalized spacial score (nSPS) is 10.0. The van der Waals surface area contributed by atoms with Crippen LogP contribution in [0.25, 0.3) is 0 Å². The minimum atomic E-state index is -0.201. The molecular formula is C12H15ClFN3. The van der Waals surface area contributed by atoms with Gasteiger partial charge in [-0.25, -0.2) is 4.39 Å². The highest BCUT2D eigenvalue weighted by Gasteiger charge is 1.98. The van der Waals surface area contributed by atoms with Crippen molar-refractivity contribution in [1.82, 2.24) is 9.78 Å². The summed E-state index contributed by atoms with van der Waals surface area (Å²) in [5.74, 6) is -0.201. The average molecular weight is 256 g/mol. The number of nitrogens with two attached hydrogens (primary N) is 1. The van der Waals surface area contributed by atoms with Gasteiger partial charge in [-0.1, -0.05) is 12.1 Å². The number of halogens is 2. The lowest BCUT2D eigenvalue weighted by Gasteiger charge is -2.01. The van der Waals surface area contributed by atoms with Gasteiger partial charge in [-0.15, -0.1) is 12.4 Å². The molecule has 17 heavy (non-hydrogen) atoms. The van der Waals surface area contributed by atoms with Crippen LogP contribution in [0.5, 0.6) is 0 Å². The van der Waals surface area contributed by atoms with Crippen LogP contribution in [0.15, 0.2) is 36.7 Å². The van der Waals surface area contributed by atoms with Crippen LogP contribution in [0.1, 0.15) is 11.1 Å². The molecule has 0 radical (unpaired) electrons. The van der Waals surface area contributed by atoms with Gasteiger partial charge in [0.15, 0.2) is 0 Å². The molecule has 0 aliphatic carbocycles. The Kier molecular flexibility index (Phi) is 5.12. The van der Waals surface area contributed by atoms with E-state index in [1.165, 1.54) is 12.1 Å². The number of rotatable bonds is 4. The largest absolute Gasteiger partial charge is 0.326 e. The van der Waals surface area contributed by atoms with Crippen LogP contribution in [-0.2, 0) is 19.5 Å². The van der Waals surface area contributed by atoms with Crippen molar-refractivity contribution in [1.29, 1.82) is 0 Å². The smallest absolute Gasteiger partial charge is 0.123 e. The Balaban J connectivity index is 0.00000144. The van der Waals surface area contributed by atoms with Gasteiger partial charge in [-0.05, 0) is 24.1 Å². The molecule has 2 aromatic rings. The molecule has 0 amide bonds. The van der Waals surface area contributed by atoms with E-state index in [0.29, 0.717) is 6.54 Å². The van der Waals surface area contributed by atoms with Gasteiger partial charge in [0.25, 0.3) is 0 Å². The molecule has 0 saturated carbocycles. The number of nitrogens with zero attached hydrogens (tertiary/aromatic N) is 2. The van der Waals surface area contributed by atoms with Gasteiger partial charge < -0.3 is 5.73 Å². The molecule has 1 aromatic carbocycles. The van der Waals surface area contributed by atoms with E-state index in [4.69, 9.17) is 5.73 Å². The monoisotopic (exact) mass is 255 g/mol. The van der Waals surface area contributed by atoms with Crippen LogP contribution >= 0.6 is 12.4 Å². The maximum atomic E-state index is 12.7. The summed E-state index contributed by atoms with van der Waals surface area (Å²) in [6, 6.07) is 6.54. The first-order valence-electron chi connectivity index (χ1n) is 5.24. The lowest BCUT2D eigenvalue weighted by molar-refractivity contribution is 0.609. The van der Waals surface area contributed by atoms with Gasteiger partial charge in [0.1, 0.15) is 5.82 Å². The van der Waals surface area contributed by atoms with Gasteiger partial charge in [0.05, 0.1) is 6.20 Å². The van der Waals surface area contributed by atoms with E-state index < -0.39 is 0 Å². The molecule has 2 N–H and O–H groups in total. The Hall–Kier alpha value is -1.39. The highest BCUT2D eigenvalue weighted by Crippen LogP contribution is 2.05. The Bertz CT molecular complexity index is 453. The maximum absolute atomic E-state index is 12.7. The topological polar surface area (TPSA) is 43.8 Å². The van der Waals surface area contributed by atoms with Gasteiger partial charge in [0, 0.05) is 24.8 Å². The Labute approximate surface area is 106 Å². The highest BCUT2D eigenvalue weighted by atomic mass is 35.5. The fraction of sp³-hybridized carbons (Fsp3) is 0.250. The Morgan fingerprint density at radius 1 is 1.18 bits per heavy atom. The van der Waals surface area contributed by atoms with Gasteiger partial charge >= 0.3 is 0 Å². The van der Waals surface area contributed by atoms with E-state index in [1.807, 2.05) is 10.9 Å². The summed E-state index contributed by atoms with van der Waals surface area (Å²) in [5.41, 5.74) is 7.62. The molecule has 3 nitrogen and oxygen atoms in total. The van der Waals surface area contributed by atoms with Crippen LogP contribution in [-0.4, -0.2) is 9.78 Å². The quantitative estimate of drug-likeness (QED) is 0.910. The number of benzene rings is 1. The number of aryl methyl sites for hydroxylation is 2. The standard InChI is InChI=1S/C12H14FN3.ClH/c13-12-3-1-10(2-4-12)5-6-16-9-11(7-14)8-15-16;/h1-4,8-9H,5-7,14H2;1H. The summed E-state index contributed by atoms with van der Waals surface area (Å²) >= 11 is 0. The SMILES string of the molecule is Cl.NCc1cnn(CCc2ccc(F)cc2)c1. The van der Waals surface area contributed by atoms with E-state index >= 15 is 0 Å². The third kappa shape index (κ3) is 3.84. The molecule has 1 aromatic heterocycles. The fourth-order valence-electron chi connectivity index (χ4n) is 1.53. The van der Waals surface area contributed by atoms with E-state index in [1.54, 1.807) is 18.3 Å². The van der Waals surface area contributed by atoms with Crippen molar-refractivity contribution in [2.45, 2.75) is 19.5 Å².